The number of carbonyl (C=O) groups excluding carboxylic acids is 1. The van der Waals surface area contributed by atoms with Crippen LogP contribution in [-0.2, 0) is 14.8 Å². The molecule has 0 aliphatic carbocycles. The standard InChI is InChI=1S/C11H15N3O3S2/c1-7(11(12)18)19(16,17)14-10-5-3-4-9(6-10)13-8(2)15/h3-7,14H,1-2H3,(H2,12,18)(H,13,15). The number of nitrogens with two attached hydrogens (primary N) is 1. The topological polar surface area (TPSA) is 101 Å². The monoisotopic (exact) mass is 301 g/mol. The van der Waals surface area contributed by atoms with Gasteiger partial charge in [-0.3, -0.25) is 9.52 Å². The third-order valence-electron chi connectivity index (χ3n) is 2.31. The minimum Gasteiger partial charge on any atom is -0.392 e. The van der Waals surface area contributed by atoms with E-state index in [1.165, 1.54) is 19.9 Å². The normalized spacial score (nSPS) is 12.5. The summed E-state index contributed by atoms with van der Waals surface area (Å²) >= 11 is 4.67. The summed E-state index contributed by atoms with van der Waals surface area (Å²) in [5, 5.41) is 1.58. The Morgan fingerprint density at radius 1 is 1.37 bits per heavy atom. The molecule has 0 aromatic heterocycles. The number of nitrogens with one attached hydrogen (secondary N) is 2. The summed E-state index contributed by atoms with van der Waals surface area (Å²) in [7, 11) is -3.69. The molecule has 1 atom stereocenters. The van der Waals surface area contributed by atoms with E-state index in [-0.39, 0.29) is 10.9 Å². The molecule has 0 radical (unpaired) electrons. The van der Waals surface area contributed by atoms with Crippen LogP contribution in [0, 0.1) is 0 Å². The molecule has 19 heavy (non-hydrogen) atoms. The average Bonchev–Trinajstić information content (AvgIpc) is 2.26. The van der Waals surface area contributed by atoms with Crippen LogP contribution in [0.1, 0.15) is 13.8 Å². The van der Waals surface area contributed by atoms with Crippen LogP contribution in [0.3, 0.4) is 0 Å². The molecule has 4 N–H and O–H groups in total. The minimum absolute atomic E-state index is 0.106. The molecule has 1 rings (SSSR count). The lowest BCUT2D eigenvalue weighted by Gasteiger charge is -2.14. The lowest BCUT2D eigenvalue weighted by molar-refractivity contribution is -0.114. The molecule has 0 aliphatic heterocycles. The summed E-state index contributed by atoms with van der Waals surface area (Å²) in [5.74, 6) is -0.239. The number of amides is 1. The first-order valence-electron chi connectivity index (χ1n) is 5.41. The zero-order valence-electron chi connectivity index (χ0n) is 10.5. The van der Waals surface area contributed by atoms with E-state index < -0.39 is 15.3 Å². The van der Waals surface area contributed by atoms with E-state index >= 15 is 0 Å². The Kier molecular flexibility index (Phi) is 4.84. The largest absolute Gasteiger partial charge is 0.392 e. The molecule has 1 amide bonds. The summed E-state index contributed by atoms with van der Waals surface area (Å²) in [6.45, 7) is 2.77. The van der Waals surface area contributed by atoms with Gasteiger partial charge in [0.25, 0.3) is 0 Å². The van der Waals surface area contributed by atoms with E-state index in [1.54, 1.807) is 18.2 Å². The maximum Gasteiger partial charge on any atom is 0.241 e. The van der Waals surface area contributed by atoms with Crippen LogP contribution in [0.4, 0.5) is 11.4 Å². The molecule has 0 bridgehead atoms. The molecule has 0 aliphatic rings. The van der Waals surface area contributed by atoms with E-state index in [0.717, 1.165) is 0 Å². The highest BCUT2D eigenvalue weighted by Crippen LogP contribution is 2.17. The number of carbonyl (C=O) groups is 1. The van der Waals surface area contributed by atoms with Crippen LogP contribution < -0.4 is 15.8 Å². The number of hydrogen-bond donors (Lipinski definition) is 3. The predicted molar refractivity (Wildman–Crippen MR) is 79.5 cm³/mol. The van der Waals surface area contributed by atoms with Gasteiger partial charge in [-0.05, 0) is 25.1 Å². The Morgan fingerprint density at radius 3 is 2.47 bits per heavy atom. The first-order valence-corrected chi connectivity index (χ1v) is 7.36. The Bertz CT molecular complexity index is 599. The zero-order chi connectivity index (χ0) is 14.6. The SMILES string of the molecule is CC(=O)Nc1cccc(NS(=O)(=O)C(C)C(N)=S)c1. The van der Waals surface area contributed by atoms with Gasteiger partial charge in [-0.2, -0.15) is 0 Å². The average molecular weight is 301 g/mol. The van der Waals surface area contributed by atoms with Crippen LogP contribution in [0.15, 0.2) is 24.3 Å². The second kappa shape index (κ2) is 5.98. The second-order valence-corrected chi connectivity index (χ2v) is 6.43. The molecule has 1 unspecified atom stereocenters. The van der Waals surface area contributed by atoms with Crippen molar-refractivity contribution in [1.29, 1.82) is 0 Å². The summed E-state index contributed by atoms with van der Waals surface area (Å²) < 4.78 is 26.2. The van der Waals surface area contributed by atoms with Crippen molar-refractivity contribution in [2.24, 2.45) is 5.73 Å². The van der Waals surface area contributed by atoms with Gasteiger partial charge in [0.05, 0.1) is 10.7 Å². The fourth-order valence-corrected chi connectivity index (χ4v) is 2.59. The first kappa shape index (κ1) is 15.4. The number of thiocarbonyl (C=S) groups is 1. The highest BCUT2D eigenvalue weighted by molar-refractivity contribution is 7.95. The summed E-state index contributed by atoms with van der Waals surface area (Å²) in [6.07, 6.45) is 0. The molecule has 104 valence electrons. The number of rotatable bonds is 5. The van der Waals surface area contributed by atoms with Gasteiger partial charge in [0.1, 0.15) is 5.25 Å². The van der Waals surface area contributed by atoms with Gasteiger partial charge in [0, 0.05) is 12.6 Å². The van der Waals surface area contributed by atoms with Gasteiger partial charge >= 0.3 is 0 Å². The third kappa shape index (κ3) is 4.49. The molecule has 1 aromatic carbocycles. The van der Waals surface area contributed by atoms with Crippen molar-refractivity contribution in [2.75, 3.05) is 10.0 Å². The lowest BCUT2D eigenvalue weighted by atomic mass is 10.3. The van der Waals surface area contributed by atoms with E-state index in [4.69, 9.17) is 5.73 Å². The fraction of sp³-hybridized carbons (Fsp3) is 0.273. The molecule has 1 aromatic rings. The van der Waals surface area contributed by atoms with Gasteiger partial charge < -0.3 is 11.1 Å². The van der Waals surface area contributed by atoms with Gasteiger partial charge in [-0.1, -0.05) is 18.3 Å². The molecule has 0 spiro atoms. The van der Waals surface area contributed by atoms with Crippen molar-refractivity contribution in [3.05, 3.63) is 24.3 Å². The van der Waals surface area contributed by atoms with Crippen LogP contribution in [0.5, 0.6) is 0 Å². The van der Waals surface area contributed by atoms with Gasteiger partial charge in [0.15, 0.2) is 0 Å². The number of anilines is 2. The maximum atomic E-state index is 11.9. The van der Waals surface area contributed by atoms with E-state index in [2.05, 4.69) is 22.3 Å². The lowest BCUT2D eigenvalue weighted by Crippen LogP contribution is -2.35. The van der Waals surface area contributed by atoms with E-state index in [1.807, 2.05) is 0 Å². The maximum absolute atomic E-state index is 11.9. The summed E-state index contributed by atoms with van der Waals surface area (Å²) in [6, 6.07) is 6.34. The highest BCUT2D eigenvalue weighted by Gasteiger charge is 2.23. The molecule has 0 fully saturated rings. The van der Waals surface area contributed by atoms with E-state index in [0.29, 0.717) is 11.4 Å². The zero-order valence-corrected chi connectivity index (χ0v) is 12.1. The van der Waals surface area contributed by atoms with Gasteiger partial charge in [-0.15, -0.1) is 0 Å². The number of benzene rings is 1. The van der Waals surface area contributed by atoms with Crippen molar-refractivity contribution in [3.8, 4) is 0 Å². The molecule has 8 heteroatoms. The van der Waals surface area contributed by atoms with Crippen LogP contribution in [0.2, 0.25) is 0 Å². The Morgan fingerprint density at radius 2 is 1.95 bits per heavy atom. The van der Waals surface area contributed by atoms with Crippen LogP contribution in [-0.4, -0.2) is 24.6 Å². The summed E-state index contributed by atoms with van der Waals surface area (Å²) in [5.41, 5.74) is 6.15. The molecule has 0 heterocycles. The van der Waals surface area contributed by atoms with Crippen molar-refractivity contribution in [1.82, 2.24) is 0 Å². The Labute approximate surface area is 117 Å². The molecular weight excluding hydrogens is 286 g/mol. The summed E-state index contributed by atoms with van der Waals surface area (Å²) in [4.78, 5) is 10.8. The third-order valence-corrected chi connectivity index (χ3v) is 4.52. The van der Waals surface area contributed by atoms with Crippen molar-refractivity contribution in [3.63, 3.8) is 0 Å². The van der Waals surface area contributed by atoms with Crippen molar-refractivity contribution >= 4 is 44.5 Å². The van der Waals surface area contributed by atoms with Gasteiger partial charge in [0.2, 0.25) is 15.9 Å². The fourth-order valence-electron chi connectivity index (χ4n) is 1.27. The Hall–Kier alpha value is -1.67. The van der Waals surface area contributed by atoms with Crippen molar-refractivity contribution in [2.45, 2.75) is 19.1 Å². The highest BCUT2D eigenvalue weighted by atomic mass is 32.2. The Balaban J connectivity index is 2.94. The molecule has 0 saturated carbocycles. The number of sulfonamides is 1. The minimum atomic E-state index is -3.69. The quantitative estimate of drug-likeness (QED) is 0.706. The smallest absolute Gasteiger partial charge is 0.241 e. The van der Waals surface area contributed by atoms with E-state index in [9.17, 15) is 13.2 Å². The first-order chi connectivity index (χ1) is 8.72. The van der Waals surface area contributed by atoms with Crippen LogP contribution >= 0.6 is 12.2 Å². The molecule has 0 saturated heterocycles. The molecule has 6 nitrogen and oxygen atoms in total. The van der Waals surface area contributed by atoms with Crippen molar-refractivity contribution < 1.29 is 13.2 Å². The van der Waals surface area contributed by atoms with Crippen LogP contribution in [0.25, 0.3) is 0 Å². The number of hydrogen-bond acceptors (Lipinski definition) is 4. The van der Waals surface area contributed by atoms with Gasteiger partial charge in [-0.25, -0.2) is 8.42 Å². The predicted octanol–water partition coefficient (Wildman–Crippen LogP) is 1.06. The second-order valence-electron chi connectivity index (χ2n) is 3.95. The molecular formula is C11H15N3O3S2.